The molecule has 3 heteroatoms. The maximum atomic E-state index is 5.78. The lowest BCUT2D eigenvalue weighted by molar-refractivity contribution is 0.239. The second-order valence-corrected chi connectivity index (χ2v) is 12.5. The highest BCUT2D eigenvalue weighted by Crippen LogP contribution is 2.23. The molecule has 0 bridgehead atoms. The molecule has 0 aliphatic heterocycles. The Morgan fingerprint density at radius 1 is 0.393 bits per heavy atom. The quantitative estimate of drug-likeness (QED) is 0.122. The minimum atomic E-state index is -1.85. The number of hydrogen-bond acceptors (Lipinski definition) is 2. The van der Waals surface area contributed by atoms with Crippen LogP contribution in [-0.2, 0) is 8.85 Å². The van der Waals surface area contributed by atoms with Gasteiger partial charge in [-0.05, 0) is 12.1 Å². The molecule has 2 nitrogen and oxygen atoms in total. The molecule has 0 spiro atoms. The molecule has 28 heavy (non-hydrogen) atoms. The molecule has 0 fully saturated rings. The molecular formula is C25H54O2Si. The van der Waals surface area contributed by atoms with Crippen LogP contribution in [0.3, 0.4) is 0 Å². The number of rotatable bonds is 23. The van der Waals surface area contributed by atoms with Crippen LogP contribution in [0.5, 0.6) is 0 Å². The molecule has 0 aromatic rings. The molecule has 0 amide bonds. The lowest BCUT2D eigenvalue weighted by Crippen LogP contribution is -2.39. The Bertz CT molecular complexity index is 292. The molecule has 0 aromatic heterocycles. The highest BCUT2D eigenvalue weighted by atomic mass is 28.4. The van der Waals surface area contributed by atoms with Gasteiger partial charge in [-0.1, -0.05) is 136 Å². The molecule has 0 atom stereocenters. The molecule has 0 saturated carbocycles. The Hall–Kier alpha value is 0.137. The largest absolute Gasteiger partial charge is 0.398 e. The maximum Gasteiger partial charge on any atom is 0.337 e. The summed E-state index contributed by atoms with van der Waals surface area (Å²) < 4.78 is 11.6. The zero-order valence-corrected chi connectivity index (χ0v) is 21.2. The van der Waals surface area contributed by atoms with Crippen LogP contribution in [0.15, 0.2) is 0 Å². The predicted octanol–water partition coefficient (Wildman–Crippen LogP) is 9.17. The van der Waals surface area contributed by atoms with E-state index in [1.54, 1.807) is 0 Å². The van der Waals surface area contributed by atoms with E-state index in [4.69, 9.17) is 8.85 Å². The van der Waals surface area contributed by atoms with Crippen LogP contribution < -0.4 is 0 Å². The third-order valence-corrected chi connectivity index (χ3v) is 10.2. The molecule has 0 aliphatic rings. The zero-order valence-electron chi connectivity index (χ0n) is 20.2. The SMILES string of the molecule is CCCCCCCCCCCCCCCCCCCC[Si](CCC)(OC)OC. The van der Waals surface area contributed by atoms with Gasteiger partial charge in [-0.2, -0.15) is 0 Å². The molecule has 0 rings (SSSR count). The first-order valence-electron chi connectivity index (χ1n) is 12.8. The molecular weight excluding hydrogens is 360 g/mol. The van der Waals surface area contributed by atoms with Crippen molar-refractivity contribution in [2.24, 2.45) is 0 Å². The molecule has 170 valence electrons. The fraction of sp³-hybridized carbons (Fsp3) is 1.00. The van der Waals surface area contributed by atoms with E-state index >= 15 is 0 Å². The van der Waals surface area contributed by atoms with E-state index in [0.717, 1.165) is 6.04 Å². The topological polar surface area (TPSA) is 18.5 Å². The van der Waals surface area contributed by atoms with Crippen LogP contribution in [0.25, 0.3) is 0 Å². The van der Waals surface area contributed by atoms with Gasteiger partial charge in [0.2, 0.25) is 0 Å². The Balaban J connectivity index is 3.25. The average molecular weight is 415 g/mol. The second kappa shape index (κ2) is 21.8. The van der Waals surface area contributed by atoms with Crippen LogP contribution in [0.2, 0.25) is 12.1 Å². The Kier molecular flexibility index (Phi) is 21.9. The highest BCUT2D eigenvalue weighted by molar-refractivity contribution is 6.67. The van der Waals surface area contributed by atoms with E-state index < -0.39 is 8.56 Å². The normalized spacial score (nSPS) is 12.0. The second-order valence-electron chi connectivity index (χ2n) is 8.83. The van der Waals surface area contributed by atoms with E-state index in [1.165, 1.54) is 128 Å². The Morgan fingerprint density at radius 2 is 0.714 bits per heavy atom. The Labute approximate surface area is 179 Å². The summed E-state index contributed by atoms with van der Waals surface area (Å²) in [6.07, 6.45) is 27.0. The van der Waals surface area contributed by atoms with Gasteiger partial charge in [0.05, 0.1) is 0 Å². The van der Waals surface area contributed by atoms with Crippen LogP contribution in [0.1, 0.15) is 136 Å². The minimum absolute atomic E-state index is 1.14. The summed E-state index contributed by atoms with van der Waals surface area (Å²) in [5.41, 5.74) is 0. The van der Waals surface area contributed by atoms with Crippen LogP contribution in [0.4, 0.5) is 0 Å². The van der Waals surface area contributed by atoms with Gasteiger partial charge < -0.3 is 8.85 Å². The number of hydrogen-bond donors (Lipinski definition) is 0. The fourth-order valence-electron chi connectivity index (χ4n) is 4.29. The number of unbranched alkanes of at least 4 members (excludes halogenated alkanes) is 17. The first-order chi connectivity index (χ1) is 13.7. The molecule has 0 saturated heterocycles. The molecule has 0 aromatic carbocycles. The van der Waals surface area contributed by atoms with E-state index in [0.29, 0.717) is 0 Å². The lowest BCUT2D eigenvalue weighted by atomic mass is 10.0. The summed E-state index contributed by atoms with van der Waals surface area (Å²) in [4.78, 5) is 0. The van der Waals surface area contributed by atoms with Gasteiger partial charge in [-0.15, -0.1) is 0 Å². The fourth-order valence-corrected chi connectivity index (χ4v) is 7.08. The van der Waals surface area contributed by atoms with Crippen molar-refractivity contribution in [2.45, 2.75) is 148 Å². The molecule has 0 N–H and O–H groups in total. The summed E-state index contributed by atoms with van der Waals surface area (Å²) in [5, 5.41) is 0. The van der Waals surface area contributed by atoms with Crippen molar-refractivity contribution in [1.82, 2.24) is 0 Å². The average Bonchev–Trinajstić information content (AvgIpc) is 2.72. The standard InChI is InChI=1S/C25H54O2Si/c1-5-7-8-9-10-11-12-13-14-15-16-17-18-19-20-21-22-23-25-28(26-3,27-4)24-6-2/h5-25H2,1-4H3. The summed E-state index contributed by atoms with van der Waals surface area (Å²) in [6, 6.07) is 2.31. The molecule has 0 heterocycles. The zero-order chi connectivity index (χ0) is 20.8. The van der Waals surface area contributed by atoms with E-state index in [-0.39, 0.29) is 0 Å². The third-order valence-electron chi connectivity index (χ3n) is 6.29. The van der Waals surface area contributed by atoms with E-state index in [1.807, 2.05) is 14.2 Å². The van der Waals surface area contributed by atoms with Crippen molar-refractivity contribution >= 4 is 8.56 Å². The van der Waals surface area contributed by atoms with Crippen molar-refractivity contribution in [2.75, 3.05) is 14.2 Å². The molecule has 0 unspecified atom stereocenters. The van der Waals surface area contributed by atoms with Crippen molar-refractivity contribution in [3.05, 3.63) is 0 Å². The lowest BCUT2D eigenvalue weighted by Gasteiger charge is -2.27. The molecule has 0 radical (unpaired) electrons. The maximum absolute atomic E-state index is 5.78. The van der Waals surface area contributed by atoms with Gasteiger partial charge in [-0.25, -0.2) is 0 Å². The predicted molar refractivity (Wildman–Crippen MR) is 128 cm³/mol. The summed E-state index contributed by atoms with van der Waals surface area (Å²) >= 11 is 0. The van der Waals surface area contributed by atoms with Crippen molar-refractivity contribution < 1.29 is 8.85 Å². The van der Waals surface area contributed by atoms with Crippen molar-refractivity contribution in [3.63, 3.8) is 0 Å². The van der Waals surface area contributed by atoms with Crippen LogP contribution in [0, 0.1) is 0 Å². The first kappa shape index (κ1) is 28.1. The first-order valence-corrected chi connectivity index (χ1v) is 15.1. The summed E-state index contributed by atoms with van der Waals surface area (Å²) in [5.74, 6) is 0. The van der Waals surface area contributed by atoms with Crippen LogP contribution in [-0.4, -0.2) is 22.8 Å². The summed E-state index contributed by atoms with van der Waals surface area (Å²) in [7, 11) is 1.84. The van der Waals surface area contributed by atoms with E-state index in [2.05, 4.69) is 13.8 Å². The van der Waals surface area contributed by atoms with E-state index in [9.17, 15) is 0 Å². The highest BCUT2D eigenvalue weighted by Gasteiger charge is 2.33. The smallest absolute Gasteiger partial charge is 0.337 e. The molecule has 0 aliphatic carbocycles. The van der Waals surface area contributed by atoms with Gasteiger partial charge in [0.1, 0.15) is 0 Å². The Morgan fingerprint density at radius 3 is 1.00 bits per heavy atom. The monoisotopic (exact) mass is 414 g/mol. The van der Waals surface area contributed by atoms with Gasteiger partial charge in [-0.3, -0.25) is 0 Å². The van der Waals surface area contributed by atoms with Crippen molar-refractivity contribution in [3.8, 4) is 0 Å². The van der Waals surface area contributed by atoms with Crippen molar-refractivity contribution in [1.29, 1.82) is 0 Å². The summed E-state index contributed by atoms with van der Waals surface area (Å²) in [6.45, 7) is 4.53. The minimum Gasteiger partial charge on any atom is -0.398 e. The van der Waals surface area contributed by atoms with Gasteiger partial charge in [0.25, 0.3) is 0 Å². The third kappa shape index (κ3) is 17.0. The van der Waals surface area contributed by atoms with Crippen LogP contribution >= 0.6 is 0 Å². The van der Waals surface area contributed by atoms with Gasteiger partial charge in [0, 0.05) is 14.2 Å². The van der Waals surface area contributed by atoms with Gasteiger partial charge in [0.15, 0.2) is 0 Å². The van der Waals surface area contributed by atoms with Gasteiger partial charge >= 0.3 is 8.56 Å².